The SMILES string of the molecule is O=C(NCC1CCOC1)c1cc(-c2ccccc2Cl)n[nH]1. The van der Waals surface area contributed by atoms with Crippen LogP contribution in [-0.2, 0) is 4.74 Å². The highest BCUT2D eigenvalue weighted by molar-refractivity contribution is 6.33. The lowest BCUT2D eigenvalue weighted by Gasteiger charge is -2.07. The van der Waals surface area contributed by atoms with Gasteiger partial charge in [0.25, 0.3) is 5.91 Å². The predicted molar refractivity (Wildman–Crippen MR) is 80.3 cm³/mol. The number of halogens is 1. The van der Waals surface area contributed by atoms with Gasteiger partial charge in [-0.1, -0.05) is 29.8 Å². The predicted octanol–water partition coefficient (Wildman–Crippen LogP) is 2.50. The summed E-state index contributed by atoms with van der Waals surface area (Å²) in [4.78, 5) is 12.1. The van der Waals surface area contributed by atoms with Crippen LogP contribution in [0.4, 0.5) is 0 Å². The number of ether oxygens (including phenoxy) is 1. The quantitative estimate of drug-likeness (QED) is 0.912. The number of carbonyl (C=O) groups is 1. The second-order valence-corrected chi connectivity index (χ2v) is 5.49. The van der Waals surface area contributed by atoms with Gasteiger partial charge in [-0.15, -0.1) is 0 Å². The fourth-order valence-corrected chi connectivity index (χ4v) is 2.55. The Labute approximate surface area is 127 Å². The Kier molecular flexibility index (Phi) is 4.22. The molecule has 2 N–H and O–H groups in total. The molecule has 5 nitrogen and oxygen atoms in total. The molecule has 2 heterocycles. The molecule has 2 aromatic rings. The maximum atomic E-state index is 12.1. The second kappa shape index (κ2) is 6.28. The summed E-state index contributed by atoms with van der Waals surface area (Å²) in [7, 11) is 0. The minimum atomic E-state index is -0.160. The molecule has 21 heavy (non-hydrogen) atoms. The topological polar surface area (TPSA) is 67.0 Å². The van der Waals surface area contributed by atoms with E-state index >= 15 is 0 Å². The average Bonchev–Trinajstić information content (AvgIpc) is 3.17. The van der Waals surface area contributed by atoms with Gasteiger partial charge in [0.15, 0.2) is 0 Å². The van der Waals surface area contributed by atoms with Crippen molar-refractivity contribution in [2.24, 2.45) is 5.92 Å². The number of hydrogen-bond donors (Lipinski definition) is 2. The van der Waals surface area contributed by atoms with Gasteiger partial charge in [-0.25, -0.2) is 0 Å². The summed E-state index contributed by atoms with van der Waals surface area (Å²) in [6.07, 6.45) is 0.994. The highest BCUT2D eigenvalue weighted by atomic mass is 35.5. The molecule has 1 aromatic heterocycles. The molecule has 110 valence electrons. The maximum Gasteiger partial charge on any atom is 0.269 e. The van der Waals surface area contributed by atoms with Gasteiger partial charge < -0.3 is 10.1 Å². The van der Waals surface area contributed by atoms with E-state index in [1.54, 1.807) is 12.1 Å². The highest BCUT2D eigenvalue weighted by Crippen LogP contribution is 2.26. The van der Waals surface area contributed by atoms with E-state index in [4.69, 9.17) is 16.3 Å². The van der Waals surface area contributed by atoms with Crippen LogP contribution in [0, 0.1) is 5.92 Å². The molecule has 1 atom stereocenters. The first-order valence-corrected chi connectivity index (χ1v) is 7.28. The summed E-state index contributed by atoms with van der Waals surface area (Å²) in [5.74, 6) is 0.243. The van der Waals surface area contributed by atoms with E-state index in [1.807, 2.05) is 18.2 Å². The van der Waals surface area contributed by atoms with Crippen molar-refractivity contribution in [2.45, 2.75) is 6.42 Å². The first-order valence-electron chi connectivity index (χ1n) is 6.90. The highest BCUT2D eigenvalue weighted by Gasteiger charge is 2.18. The Bertz CT molecular complexity index is 635. The average molecular weight is 306 g/mol. The van der Waals surface area contributed by atoms with Gasteiger partial charge in [0.05, 0.1) is 17.3 Å². The van der Waals surface area contributed by atoms with E-state index in [1.165, 1.54) is 0 Å². The Morgan fingerprint density at radius 2 is 2.33 bits per heavy atom. The fraction of sp³-hybridized carbons (Fsp3) is 0.333. The molecule has 3 rings (SSSR count). The number of aromatic nitrogens is 2. The van der Waals surface area contributed by atoms with Gasteiger partial charge in [-0.2, -0.15) is 5.10 Å². The lowest BCUT2D eigenvalue weighted by atomic mass is 10.1. The van der Waals surface area contributed by atoms with E-state index in [0.29, 0.717) is 35.5 Å². The molecule has 0 saturated carbocycles. The van der Waals surface area contributed by atoms with Crippen molar-refractivity contribution >= 4 is 17.5 Å². The normalized spacial score (nSPS) is 17.9. The largest absolute Gasteiger partial charge is 0.381 e. The van der Waals surface area contributed by atoms with Crippen molar-refractivity contribution in [3.05, 3.63) is 41.0 Å². The van der Waals surface area contributed by atoms with Crippen molar-refractivity contribution in [3.8, 4) is 11.3 Å². The first-order chi connectivity index (χ1) is 10.2. The Balaban J connectivity index is 1.66. The van der Waals surface area contributed by atoms with Crippen LogP contribution in [0.15, 0.2) is 30.3 Å². The van der Waals surface area contributed by atoms with Gasteiger partial charge in [-0.3, -0.25) is 9.89 Å². The van der Waals surface area contributed by atoms with Crippen LogP contribution in [0.2, 0.25) is 5.02 Å². The van der Waals surface area contributed by atoms with Crippen molar-refractivity contribution in [2.75, 3.05) is 19.8 Å². The van der Waals surface area contributed by atoms with Crippen LogP contribution < -0.4 is 5.32 Å². The van der Waals surface area contributed by atoms with E-state index in [2.05, 4.69) is 15.5 Å². The van der Waals surface area contributed by atoms with Gasteiger partial charge in [0.1, 0.15) is 5.69 Å². The van der Waals surface area contributed by atoms with E-state index in [-0.39, 0.29) is 5.91 Å². The van der Waals surface area contributed by atoms with Crippen LogP contribution in [-0.4, -0.2) is 35.9 Å². The van der Waals surface area contributed by atoms with Crippen molar-refractivity contribution in [3.63, 3.8) is 0 Å². The fourth-order valence-electron chi connectivity index (χ4n) is 2.32. The molecule has 0 aliphatic carbocycles. The molecule has 1 unspecified atom stereocenters. The zero-order valence-corrected chi connectivity index (χ0v) is 12.2. The third-order valence-corrected chi connectivity index (χ3v) is 3.88. The summed E-state index contributed by atoms with van der Waals surface area (Å²) >= 11 is 6.13. The second-order valence-electron chi connectivity index (χ2n) is 5.09. The number of nitrogens with zero attached hydrogens (tertiary/aromatic N) is 1. The summed E-state index contributed by atoms with van der Waals surface area (Å²) in [5, 5.41) is 10.4. The molecule has 1 aliphatic heterocycles. The van der Waals surface area contributed by atoms with Crippen molar-refractivity contribution in [1.29, 1.82) is 0 Å². The molecule has 0 bridgehead atoms. The molecule has 1 saturated heterocycles. The van der Waals surface area contributed by atoms with Crippen LogP contribution in [0.5, 0.6) is 0 Å². The molecule has 1 aliphatic rings. The molecular weight excluding hydrogens is 290 g/mol. The number of hydrogen-bond acceptors (Lipinski definition) is 3. The zero-order chi connectivity index (χ0) is 14.7. The van der Waals surface area contributed by atoms with E-state index in [0.717, 1.165) is 18.6 Å². The van der Waals surface area contributed by atoms with E-state index in [9.17, 15) is 4.79 Å². The van der Waals surface area contributed by atoms with E-state index < -0.39 is 0 Å². The lowest BCUT2D eigenvalue weighted by Crippen LogP contribution is -2.29. The third-order valence-electron chi connectivity index (χ3n) is 3.55. The number of H-pyrrole nitrogens is 1. The molecular formula is C15H16ClN3O2. The van der Waals surface area contributed by atoms with Crippen LogP contribution in [0.1, 0.15) is 16.9 Å². The summed E-state index contributed by atoms with van der Waals surface area (Å²) < 4.78 is 5.28. The number of benzene rings is 1. The summed E-state index contributed by atoms with van der Waals surface area (Å²) in [5.41, 5.74) is 1.90. The van der Waals surface area contributed by atoms with Gasteiger partial charge in [-0.05, 0) is 18.6 Å². The monoisotopic (exact) mass is 305 g/mol. The van der Waals surface area contributed by atoms with Gasteiger partial charge in [0, 0.05) is 24.6 Å². The smallest absolute Gasteiger partial charge is 0.269 e. The molecule has 6 heteroatoms. The van der Waals surface area contributed by atoms with Crippen molar-refractivity contribution in [1.82, 2.24) is 15.5 Å². The van der Waals surface area contributed by atoms with Gasteiger partial charge in [0.2, 0.25) is 0 Å². The van der Waals surface area contributed by atoms with Crippen LogP contribution in [0.25, 0.3) is 11.3 Å². The minimum Gasteiger partial charge on any atom is -0.381 e. The number of aromatic amines is 1. The standard InChI is InChI=1S/C15H16ClN3O2/c16-12-4-2-1-3-11(12)13-7-14(19-18-13)15(20)17-8-10-5-6-21-9-10/h1-4,7,10H,5-6,8-9H2,(H,17,20)(H,18,19). The molecule has 1 aromatic carbocycles. The lowest BCUT2D eigenvalue weighted by molar-refractivity contribution is 0.0940. The Morgan fingerprint density at radius 3 is 3.10 bits per heavy atom. The number of rotatable bonds is 4. The Morgan fingerprint density at radius 1 is 1.48 bits per heavy atom. The number of amides is 1. The number of nitrogens with one attached hydrogen (secondary N) is 2. The molecule has 1 amide bonds. The third kappa shape index (κ3) is 3.25. The summed E-state index contributed by atoms with van der Waals surface area (Å²) in [6, 6.07) is 9.12. The van der Waals surface area contributed by atoms with Gasteiger partial charge >= 0.3 is 0 Å². The van der Waals surface area contributed by atoms with Crippen LogP contribution >= 0.6 is 11.6 Å². The maximum absolute atomic E-state index is 12.1. The summed E-state index contributed by atoms with van der Waals surface area (Å²) in [6.45, 7) is 2.12. The Hall–Kier alpha value is -1.85. The molecule has 0 radical (unpaired) electrons. The minimum absolute atomic E-state index is 0.160. The van der Waals surface area contributed by atoms with Crippen molar-refractivity contribution < 1.29 is 9.53 Å². The van der Waals surface area contributed by atoms with Crippen LogP contribution in [0.3, 0.4) is 0 Å². The zero-order valence-electron chi connectivity index (χ0n) is 11.4. The molecule has 0 spiro atoms. The number of carbonyl (C=O) groups excluding carboxylic acids is 1. The molecule has 1 fully saturated rings. The first kappa shape index (κ1) is 14.1.